The van der Waals surface area contributed by atoms with E-state index in [9.17, 15) is 5.11 Å². The highest BCUT2D eigenvalue weighted by Crippen LogP contribution is 2.34. The van der Waals surface area contributed by atoms with Crippen molar-refractivity contribution in [3.8, 4) is 0 Å². The maximum Gasteiger partial charge on any atom is 0.152 e. The Hall–Kier alpha value is -0.920. The van der Waals surface area contributed by atoms with Gasteiger partial charge in [0.2, 0.25) is 0 Å². The summed E-state index contributed by atoms with van der Waals surface area (Å²) in [4.78, 5) is 0. The molecular weight excluding hydrogens is 152 g/mol. The van der Waals surface area contributed by atoms with E-state index >= 15 is 0 Å². The molecule has 1 unspecified atom stereocenters. The molecule has 2 nitrogen and oxygen atoms in total. The zero-order valence-corrected chi connectivity index (χ0v) is 7.83. The summed E-state index contributed by atoms with van der Waals surface area (Å²) in [5.74, 6) is 0.432. The fourth-order valence-corrected chi connectivity index (χ4v) is 1.28. The summed E-state index contributed by atoms with van der Waals surface area (Å²) in [5, 5.41) is 18.4. The second-order valence-electron chi connectivity index (χ2n) is 4.37. The van der Waals surface area contributed by atoms with E-state index < -0.39 is 0 Å². The molecule has 0 aromatic rings. The molecule has 1 aliphatic rings. The van der Waals surface area contributed by atoms with Crippen molar-refractivity contribution in [1.29, 1.82) is 0 Å². The van der Waals surface area contributed by atoms with E-state index in [1.165, 1.54) is 0 Å². The van der Waals surface area contributed by atoms with Gasteiger partial charge >= 0.3 is 0 Å². The van der Waals surface area contributed by atoms with E-state index in [2.05, 4.69) is 20.8 Å². The molecule has 68 valence electrons. The molecule has 0 spiro atoms. The van der Waals surface area contributed by atoms with Gasteiger partial charge in [0, 0.05) is 6.42 Å². The van der Waals surface area contributed by atoms with Gasteiger partial charge in [-0.15, -0.1) is 0 Å². The fraction of sp³-hybridized carbons (Fsp3) is 0.600. The Balaban J connectivity index is 2.76. The van der Waals surface area contributed by atoms with Crippen LogP contribution in [-0.2, 0) is 0 Å². The minimum Gasteiger partial charge on any atom is -0.508 e. The van der Waals surface area contributed by atoms with Crippen LogP contribution in [0.2, 0.25) is 0 Å². The normalized spacial score (nSPS) is 24.8. The van der Waals surface area contributed by atoms with E-state index in [1.54, 1.807) is 6.08 Å². The number of hydrogen-bond donors (Lipinski definition) is 2. The van der Waals surface area contributed by atoms with Crippen LogP contribution >= 0.6 is 0 Å². The zero-order chi connectivity index (χ0) is 9.35. The first kappa shape index (κ1) is 9.17. The lowest BCUT2D eigenvalue weighted by Crippen LogP contribution is -2.21. The summed E-state index contributed by atoms with van der Waals surface area (Å²) in [6.07, 6.45) is 4.08. The van der Waals surface area contributed by atoms with E-state index in [0.29, 0.717) is 12.3 Å². The SMILES string of the molecule is CC(C)(C)C1C=CC(O)=C(O)C1. The lowest BCUT2D eigenvalue weighted by molar-refractivity contribution is 0.233. The van der Waals surface area contributed by atoms with Gasteiger partial charge in [-0.25, -0.2) is 0 Å². The number of rotatable bonds is 0. The minimum atomic E-state index is 0.00972. The molecule has 0 radical (unpaired) electrons. The quantitative estimate of drug-likeness (QED) is 0.583. The Morgan fingerprint density at radius 3 is 2.33 bits per heavy atom. The van der Waals surface area contributed by atoms with Gasteiger partial charge in [-0.1, -0.05) is 26.8 Å². The smallest absolute Gasteiger partial charge is 0.152 e. The molecule has 0 aliphatic heterocycles. The van der Waals surface area contributed by atoms with Crippen molar-refractivity contribution in [2.24, 2.45) is 11.3 Å². The molecule has 0 aromatic heterocycles. The zero-order valence-electron chi connectivity index (χ0n) is 7.83. The molecule has 0 bridgehead atoms. The Morgan fingerprint density at radius 1 is 1.33 bits per heavy atom. The van der Waals surface area contributed by atoms with E-state index in [4.69, 9.17) is 5.11 Å². The monoisotopic (exact) mass is 168 g/mol. The molecule has 1 atom stereocenters. The minimum absolute atomic E-state index is 0.00972. The van der Waals surface area contributed by atoms with Gasteiger partial charge in [-0.2, -0.15) is 0 Å². The standard InChI is InChI=1S/C10H16O2/c1-10(2,3)7-4-5-8(11)9(12)6-7/h4-5,7,11-12H,6H2,1-3H3. The molecule has 1 aliphatic carbocycles. The molecule has 12 heavy (non-hydrogen) atoms. The lowest BCUT2D eigenvalue weighted by Gasteiger charge is -2.29. The highest BCUT2D eigenvalue weighted by molar-refractivity contribution is 5.21. The van der Waals surface area contributed by atoms with Gasteiger partial charge < -0.3 is 10.2 Å². The summed E-state index contributed by atoms with van der Waals surface area (Å²) in [7, 11) is 0. The predicted molar refractivity (Wildman–Crippen MR) is 49.0 cm³/mol. The van der Waals surface area contributed by atoms with Gasteiger partial charge in [-0.05, 0) is 17.4 Å². The molecule has 1 rings (SSSR count). The predicted octanol–water partition coefficient (Wildman–Crippen LogP) is 2.94. The third kappa shape index (κ3) is 1.81. The van der Waals surface area contributed by atoms with Crippen LogP contribution in [0.3, 0.4) is 0 Å². The summed E-state index contributed by atoms with van der Waals surface area (Å²) < 4.78 is 0. The van der Waals surface area contributed by atoms with Gasteiger partial charge in [0.25, 0.3) is 0 Å². The van der Waals surface area contributed by atoms with Gasteiger partial charge in [-0.3, -0.25) is 0 Å². The maximum absolute atomic E-state index is 9.29. The Bertz CT molecular complexity index is 231. The number of aliphatic hydroxyl groups excluding tert-OH is 2. The van der Waals surface area contributed by atoms with Crippen LogP contribution < -0.4 is 0 Å². The van der Waals surface area contributed by atoms with Crippen molar-refractivity contribution in [2.75, 3.05) is 0 Å². The summed E-state index contributed by atoms with van der Waals surface area (Å²) in [6.45, 7) is 6.37. The van der Waals surface area contributed by atoms with Gasteiger partial charge in [0.15, 0.2) is 5.76 Å². The van der Waals surface area contributed by atoms with Crippen LogP contribution in [-0.4, -0.2) is 10.2 Å². The molecular formula is C10H16O2. The first-order valence-corrected chi connectivity index (χ1v) is 4.20. The number of aliphatic hydroxyl groups is 2. The average Bonchev–Trinajstić information content (AvgIpc) is 1.92. The maximum atomic E-state index is 9.29. The van der Waals surface area contributed by atoms with Crippen molar-refractivity contribution in [2.45, 2.75) is 27.2 Å². The van der Waals surface area contributed by atoms with E-state index in [-0.39, 0.29) is 16.9 Å². The van der Waals surface area contributed by atoms with Crippen LogP contribution in [0.5, 0.6) is 0 Å². The first-order valence-electron chi connectivity index (χ1n) is 4.20. The van der Waals surface area contributed by atoms with Crippen LogP contribution in [0.4, 0.5) is 0 Å². The van der Waals surface area contributed by atoms with Gasteiger partial charge in [0.05, 0.1) is 0 Å². The highest BCUT2D eigenvalue weighted by Gasteiger charge is 2.26. The second-order valence-corrected chi connectivity index (χ2v) is 4.37. The first-order chi connectivity index (χ1) is 5.41. The Morgan fingerprint density at radius 2 is 1.92 bits per heavy atom. The third-order valence-electron chi connectivity index (χ3n) is 2.31. The van der Waals surface area contributed by atoms with Crippen molar-refractivity contribution >= 4 is 0 Å². The Kier molecular flexibility index (Phi) is 2.18. The number of allylic oxidation sites excluding steroid dienone is 3. The van der Waals surface area contributed by atoms with Crippen molar-refractivity contribution in [3.05, 3.63) is 23.7 Å². The molecule has 0 aromatic carbocycles. The molecule has 0 fully saturated rings. The molecule has 0 saturated heterocycles. The van der Waals surface area contributed by atoms with Crippen molar-refractivity contribution in [1.82, 2.24) is 0 Å². The molecule has 2 N–H and O–H groups in total. The molecule has 2 heteroatoms. The summed E-state index contributed by atoms with van der Waals surface area (Å²) >= 11 is 0. The molecule has 0 amide bonds. The fourth-order valence-electron chi connectivity index (χ4n) is 1.28. The Labute approximate surface area is 73.2 Å². The average molecular weight is 168 g/mol. The largest absolute Gasteiger partial charge is 0.508 e. The summed E-state index contributed by atoms with van der Waals surface area (Å²) in [5.41, 5.74) is 0.144. The van der Waals surface area contributed by atoms with E-state index in [0.717, 1.165) is 0 Å². The molecule has 0 heterocycles. The second kappa shape index (κ2) is 2.85. The van der Waals surface area contributed by atoms with Crippen LogP contribution in [0.25, 0.3) is 0 Å². The van der Waals surface area contributed by atoms with Crippen molar-refractivity contribution in [3.63, 3.8) is 0 Å². The van der Waals surface area contributed by atoms with Crippen LogP contribution in [0, 0.1) is 11.3 Å². The topological polar surface area (TPSA) is 40.5 Å². The lowest BCUT2D eigenvalue weighted by atomic mass is 9.76. The highest BCUT2D eigenvalue weighted by atomic mass is 16.3. The van der Waals surface area contributed by atoms with E-state index in [1.807, 2.05) is 6.08 Å². The van der Waals surface area contributed by atoms with Crippen molar-refractivity contribution < 1.29 is 10.2 Å². The van der Waals surface area contributed by atoms with Crippen LogP contribution in [0.1, 0.15) is 27.2 Å². The number of hydrogen-bond acceptors (Lipinski definition) is 2. The van der Waals surface area contributed by atoms with Gasteiger partial charge in [0.1, 0.15) is 5.76 Å². The third-order valence-corrected chi connectivity index (χ3v) is 2.31. The molecule has 0 saturated carbocycles. The summed E-state index contributed by atoms with van der Waals surface area (Å²) in [6, 6.07) is 0. The van der Waals surface area contributed by atoms with Crippen LogP contribution in [0.15, 0.2) is 23.7 Å².